The molecule has 2 aliphatic rings. The van der Waals surface area contributed by atoms with Crippen molar-refractivity contribution in [1.82, 2.24) is 10.2 Å². The first-order valence-electron chi connectivity index (χ1n) is 8.62. The minimum Gasteiger partial charge on any atom is -0.337 e. The first-order valence-corrected chi connectivity index (χ1v) is 8.62. The van der Waals surface area contributed by atoms with Crippen LogP contribution in [0, 0.1) is 5.92 Å². The molecule has 4 unspecified atom stereocenters. The number of amides is 1. The summed E-state index contributed by atoms with van der Waals surface area (Å²) < 4.78 is 0. The van der Waals surface area contributed by atoms with Crippen molar-refractivity contribution >= 4 is 18.3 Å². The number of nitrogens with zero attached hydrogens (tertiary/aromatic N) is 1. The zero-order valence-corrected chi connectivity index (χ0v) is 15.4. The first kappa shape index (κ1) is 18.3. The van der Waals surface area contributed by atoms with Gasteiger partial charge in [-0.3, -0.25) is 4.79 Å². The summed E-state index contributed by atoms with van der Waals surface area (Å²) in [5, 5.41) is 3.44. The molecule has 1 N–H and O–H groups in total. The van der Waals surface area contributed by atoms with E-state index in [2.05, 4.69) is 62.2 Å². The van der Waals surface area contributed by atoms with Crippen LogP contribution in [-0.4, -0.2) is 36.0 Å². The van der Waals surface area contributed by atoms with Crippen molar-refractivity contribution in [1.29, 1.82) is 0 Å². The highest BCUT2D eigenvalue weighted by Gasteiger charge is 2.47. The molecule has 1 aromatic rings. The molecule has 128 valence electrons. The minimum atomic E-state index is 0. The number of hydrogen-bond acceptors (Lipinski definition) is 2. The average Bonchev–Trinajstić information content (AvgIpc) is 3.30. The van der Waals surface area contributed by atoms with Crippen LogP contribution < -0.4 is 5.32 Å². The predicted octanol–water partition coefficient (Wildman–Crippen LogP) is 3.54. The standard InChI is InChI=1S/C19H28N2O.ClH/c1-12(2)15-5-7-16(8-6-15)17-11-18(17)19(22)21-10-9-20-13(3)14(21)4;/h5-8,12-14,17-18,20H,9-11H2,1-4H3;1H. The first-order chi connectivity index (χ1) is 10.5. The van der Waals surface area contributed by atoms with Crippen molar-refractivity contribution in [3.05, 3.63) is 35.4 Å². The number of carbonyl (C=O) groups is 1. The highest BCUT2D eigenvalue weighted by atomic mass is 35.5. The summed E-state index contributed by atoms with van der Waals surface area (Å²) in [4.78, 5) is 14.9. The third kappa shape index (κ3) is 3.72. The van der Waals surface area contributed by atoms with Crippen molar-refractivity contribution in [3.8, 4) is 0 Å². The second kappa shape index (κ2) is 7.23. The van der Waals surface area contributed by atoms with E-state index in [-0.39, 0.29) is 18.3 Å². The molecule has 4 heteroatoms. The van der Waals surface area contributed by atoms with E-state index in [4.69, 9.17) is 0 Å². The van der Waals surface area contributed by atoms with Gasteiger partial charge in [0.15, 0.2) is 0 Å². The molecule has 1 saturated carbocycles. The Morgan fingerprint density at radius 2 is 1.87 bits per heavy atom. The van der Waals surface area contributed by atoms with Crippen LogP contribution in [0.1, 0.15) is 57.1 Å². The number of carbonyl (C=O) groups excluding carboxylic acids is 1. The third-order valence-corrected chi connectivity index (χ3v) is 5.46. The summed E-state index contributed by atoms with van der Waals surface area (Å²) in [7, 11) is 0. The van der Waals surface area contributed by atoms with Gasteiger partial charge in [-0.25, -0.2) is 0 Å². The average molecular weight is 337 g/mol. The third-order valence-electron chi connectivity index (χ3n) is 5.46. The van der Waals surface area contributed by atoms with Gasteiger partial charge in [-0.1, -0.05) is 38.1 Å². The van der Waals surface area contributed by atoms with Gasteiger partial charge in [-0.05, 0) is 43.2 Å². The molecule has 23 heavy (non-hydrogen) atoms. The van der Waals surface area contributed by atoms with Crippen LogP contribution in [0.4, 0.5) is 0 Å². The molecule has 1 aromatic carbocycles. The quantitative estimate of drug-likeness (QED) is 0.915. The Labute approximate surface area is 146 Å². The number of benzene rings is 1. The number of nitrogens with one attached hydrogen (secondary N) is 1. The summed E-state index contributed by atoms with van der Waals surface area (Å²) in [5.74, 6) is 1.57. The highest BCUT2D eigenvalue weighted by molar-refractivity contribution is 5.85. The van der Waals surface area contributed by atoms with Crippen LogP contribution in [-0.2, 0) is 4.79 Å². The lowest BCUT2D eigenvalue weighted by Crippen LogP contribution is -2.57. The van der Waals surface area contributed by atoms with Crippen LogP contribution in [0.15, 0.2) is 24.3 Å². The summed E-state index contributed by atoms with van der Waals surface area (Å²) in [6.45, 7) is 10.5. The Morgan fingerprint density at radius 3 is 2.48 bits per heavy atom. The molecular formula is C19H29ClN2O. The summed E-state index contributed by atoms with van der Waals surface area (Å²) in [5.41, 5.74) is 2.70. The lowest BCUT2D eigenvalue weighted by molar-refractivity contribution is -0.136. The van der Waals surface area contributed by atoms with E-state index in [1.54, 1.807) is 0 Å². The molecular weight excluding hydrogens is 308 g/mol. The Kier molecular flexibility index (Phi) is 5.74. The summed E-state index contributed by atoms with van der Waals surface area (Å²) in [6, 6.07) is 9.56. The maximum absolute atomic E-state index is 12.8. The van der Waals surface area contributed by atoms with Gasteiger partial charge in [0.2, 0.25) is 5.91 Å². The molecule has 0 bridgehead atoms. The lowest BCUT2D eigenvalue weighted by atomic mass is 9.99. The number of halogens is 1. The molecule has 3 rings (SSSR count). The second-order valence-electron chi connectivity index (χ2n) is 7.29. The maximum Gasteiger partial charge on any atom is 0.226 e. The van der Waals surface area contributed by atoms with Crippen LogP contribution in [0.3, 0.4) is 0 Å². The smallest absolute Gasteiger partial charge is 0.226 e. The second-order valence-corrected chi connectivity index (χ2v) is 7.29. The Morgan fingerprint density at radius 1 is 1.22 bits per heavy atom. The van der Waals surface area contributed by atoms with E-state index in [9.17, 15) is 4.79 Å². The van der Waals surface area contributed by atoms with E-state index >= 15 is 0 Å². The van der Waals surface area contributed by atoms with Crippen LogP contribution in [0.2, 0.25) is 0 Å². The molecule has 0 aromatic heterocycles. The van der Waals surface area contributed by atoms with E-state index in [0.717, 1.165) is 19.5 Å². The van der Waals surface area contributed by atoms with Gasteiger partial charge in [-0.2, -0.15) is 0 Å². The molecule has 0 spiro atoms. The van der Waals surface area contributed by atoms with Crippen molar-refractivity contribution in [3.63, 3.8) is 0 Å². The van der Waals surface area contributed by atoms with Gasteiger partial charge in [0.1, 0.15) is 0 Å². The zero-order valence-electron chi connectivity index (χ0n) is 14.6. The van der Waals surface area contributed by atoms with Crippen LogP contribution in [0.5, 0.6) is 0 Å². The van der Waals surface area contributed by atoms with E-state index in [1.807, 2.05) is 0 Å². The maximum atomic E-state index is 12.8. The molecule has 0 radical (unpaired) electrons. The van der Waals surface area contributed by atoms with E-state index in [1.165, 1.54) is 11.1 Å². The summed E-state index contributed by atoms with van der Waals surface area (Å²) in [6.07, 6.45) is 1.02. The topological polar surface area (TPSA) is 32.3 Å². The Hall–Kier alpha value is -1.06. The van der Waals surface area contributed by atoms with E-state index < -0.39 is 0 Å². The van der Waals surface area contributed by atoms with Crippen LogP contribution >= 0.6 is 12.4 Å². The van der Waals surface area contributed by atoms with E-state index in [0.29, 0.717) is 29.8 Å². The van der Waals surface area contributed by atoms with Crippen molar-refractivity contribution in [2.45, 2.75) is 58.0 Å². The molecule has 1 amide bonds. The van der Waals surface area contributed by atoms with Gasteiger partial charge in [0, 0.05) is 31.1 Å². The van der Waals surface area contributed by atoms with Gasteiger partial charge in [0.25, 0.3) is 0 Å². The summed E-state index contributed by atoms with van der Waals surface area (Å²) >= 11 is 0. The SMILES string of the molecule is CC(C)c1ccc(C2CC2C(=O)N2CCNC(C)C2C)cc1.Cl. The number of piperazine rings is 1. The molecule has 4 atom stereocenters. The van der Waals surface area contributed by atoms with Gasteiger partial charge in [0.05, 0.1) is 0 Å². The fourth-order valence-corrected chi connectivity index (χ4v) is 3.55. The Bertz CT molecular complexity index is 543. The highest BCUT2D eigenvalue weighted by Crippen LogP contribution is 2.49. The normalized spacial score (nSPS) is 30.0. The van der Waals surface area contributed by atoms with Crippen molar-refractivity contribution in [2.24, 2.45) is 5.92 Å². The fraction of sp³-hybridized carbons (Fsp3) is 0.632. The largest absolute Gasteiger partial charge is 0.337 e. The lowest BCUT2D eigenvalue weighted by Gasteiger charge is -2.38. The van der Waals surface area contributed by atoms with Gasteiger partial charge >= 0.3 is 0 Å². The Balaban J connectivity index is 0.00000192. The van der Waals surface area contributed by atoms with Crippen LogP contribution in [0.25, 0.3) is 0 Å². The predicted molar refractivity (Wildman–Crippen MR) is 97.3 cm³/mol. The molecule has 3 nitrogen and oxygen atoms in total. The fourth-order valence-electron chi connectivity index (χ4n) is 3.55. The molecule has 1 saturated heterocycles. The monoisotopic (exact) mass is 336 g/mol. The van der Waals surface area contributed by atoms with Crippen molar-refractivity contribution < 1.29 is 4.79 Å². The number of hydrogen-bond donors (Lipinski definition) is 1. The number of rotatable bonds is 3. The zero-order chi connectivity index (χ0) is 15.9. The molecule has 1 heterocycles. The minimum absolute atomic E-state index is 0. The molecule has 1 aliphatic carbocycles. The molecule has 1 aliphatic heterocycles. The van der Waals surface area contributed by atoms with Crippen molar-refractivity contribution in [2.75, 3.05) is 13.1 Å². The van der Waals surface area contributed by atoms with Gasteiger partial charge in [-0.15, -0.1) is 12.4 Å². The van der Waals surface area contributed by atoms with Gasteiger partial charge < -0.3 is 10.2 Å². The molecule has 2 fully saturated rings.